The SMILES string of the molecule is Cc1cn(C2CC(F)C(CO)C2)c(=O)n(P)c1=O. The van der Waals surface area contributed by atoms with Crippen molar-refractivity contribution in [3.8, 4) is 0 Å². The van der Waals surface area contributed by atoms with E-state index >= 15 is 0 Å². The highest BCUT2D eigenvalue weighted by molar-refractivity contribution is 7.14. The molecule has 1 fully saturated rings. The number of aliphatic hydroxyl groups excluding tert-OH is 1. The highest BCUT2D eigenvalue weighted by Gasteiger charge is 2.35. The molecule has 4 atom stereocenters. The Labute approximate surface area is 106 Å². The number of aliphatic hydroxyl groups is 1. The van der Waals surface area contributed by atoms with Gasteiger partial charge in [-0.3, -0.25) is 9.36 Å². The van der Waals surface area contributed by atoms with E-state index in [1.165, 1.54) is 10.8 Å². The number of hydrogen-bond donors (Lipinski definition) is 1. The maximum absolute atomic E-state index is 13.6. The monoisotopic (exact) mass is 274 g/mol. The topological polar surface area (TPSA) is 64.2 Å². The van der Waals surface area contributed by atoms with Crippen molar-refractivity contribution in [2.24, 2.45) is 5.92 Å². The Bertz CT molecular complexity index is 568. The van der Waals surface area contributed by atoms with Gasteiger partial charge < -0.3 is 5.11 Å². The second-order valence-corrected chi connectivity index (χ2v) is 5.28. The van der Waals surface area contributed by atoms with Crippen molar-refractivity contribution >= 4 is 9.39 Å². The van der Waals surface area contributed by atoms with Crippen LogP contribution in [0.5, 0.6) is 0 Å². The smallest absolute Gasteiger partial charge is 0.334 e. The van der Waals surface area contributed by atoms with E-state index in [1.54, 1.807) is 6.92 Å². The van der Waals surface area contributed by atoms with Crippen LogP contribution in [0.25, 0.3) is 0 Å². The Kier molecular flexibility index (Phi) is 3.69. The van der Waals surface area contributed by atoms with Crippen molar-refractivity contribution in [2.75, 3.05) is 6.61 Å². The summed E-state index contributed by atoms with van der Waals surface area (Å²) in [6, 6.07) is -0.296. The molecule has 0 aliphatic heterocycles. The fraction of sp³-hybridized carbons (Fsp3) is 0.636. The van der Waals surface area contributed by atoms with E-state index in [1.807, 2.05) is 0 Å². The number of aryl methyl sites for hydroxylation is 1. The summed E-state index contributed by atoms with van der Waals surface area (Å²) in [6.07, 6.45) is 0.993. The molecule has 7 heteroatoms. The van der Waals surface area contributed by atoms with Crippen LogP contribution >= 0.6 is 9.39 Å². The molecule has 2 rings (SSSR count). The lowest BCUT2D eigenvalue weighted by molar-refractivity contribution is 0.162. The van der Waals surface area contributed by atoms with Crippen LogP contribution < -0.4 is 11.2 Å². The Morgan fingerprint density at radius 3 is 2.72 bits per heavy atom. The standard InChI is InChI=1S/C11H16FN2O3P/c1-6-4-13(11(17)14(18)10(6)16)8-2-7(5-15)9(12)3-8/h4,7-9,15H,2-3,5,18H2,1H3. The lowest BCUT2D eigenvalue weighted by atomic mass is 10.1. The predicted octanol–water partition coefficient (Wildman–Crippen LogP) is 0.238. The summed E-state index contributed by atoms with van der Waals surface area (Å²) in [5, 5.41) is 9.04. The lowest BCUT2D eigenvalue weighted by Gasteiger charge is -2.15. The number of hydrogen-bond acceptors (Lipinski definition) is 3. The molecule has 1 N–H and O–H groups in total. The van der Waals surface area contributed by atoms with Crippen molar-refractivity contribution in [1.82, 2.24) is 8.90 Å². The molecule has 5 nitrogen and oxygen atoms in total. The number of aromatic nitrogens is 2. The highest BCUT2D eigenvalue weighted by atomic mass is 31.0. The minimum absolute atomic E-state index is 0.202. The number of nitrogens with zero attached hydrogens (tertiary/aromatic N) is 2. The zero-order valence-electron chi connectivity index (χ0n) is 10.0. The van der Waals surface area contributed by atoms with Gasteiger partial charge >= 0.3 is 5.69 Å². The molecule has 1 aliphatic rings. The summed E-state index contributed by atoms with van der Waals surface area (Å²) in [4.78, 5) is 23.5. The van der Waals surface area contributed by atoms with E-state index in [2.05, 4.69) is 9.39 Å². The number of rotatable bonds is 2. The van der Waals surface area contributed by atoms with Crippen LogP contribution in [0.3, 0.4) is 0 Å². The molecule has 0 bridgehead atoms. The van der Waals surface area contributed by atoms with Gasteiger partial charge in [-0.25, -0.2) is 13.5 Å². The van der Waals surface area contributed by atoms with E-state index in [-0.39, 0.29) is 24.6 Å². The molecule has 0 amide bonds. The first-order valence-electron chi connectivity index (χ1n) is 5.80. The van der Waals surface area contributed by atoms with Gasteiger partial charge in [0.05, 0.1) is 0 Å². The number of alkyl halides is 1. The predicted molar refractivity (Wildman–Crippen MR) is 68.5 cm³/mol. The van der Waals surface area contributed by atoms with E-state index in [9.17, 15) is 14.0 Å². The Morgan fingerprint density at radius 2 is 2.17 bits per heavy atom. The summed E-state index contributed by atoms with van der Waals surface area (Å²) in [5.74, 6) is -0.424. The first-order chi connectivity index (χ1) is 8.45. The summed E-state index contributed by atoms with van der Waals surface area (Å²) < 4.78 is 15.9. The van der Waals surface area contributed by atoms with Gasteiger partial charge in [0.15, 0.2) is 0 Å². The fourth-order valence-corrected chi connectivity index (χ4v) is 2.78. The molecular weight excluding hydrogens is 258 g/mol. The third-order valence-corrected chi connectivity index (χ3v) is 3.98. The van der Waals surface area contributed by atoms with E-state index in [0.29, 0.717) is 12.0 Å². The second-order valence-electron chi connectivity index (χ2n) is 4.76. The van der Waals surface area contributed by atoms with Crippen molar-refractivity contribution in [1.29, 1.82) is 0 Å². The summed E-state index contributed by atoms with van der Waals surface area (Å²) in [6.45, 7) is 1.40. The van der Waals surface area contributed by atoms with E-state index in [0.717, 1.165) is 4.34 Å². The quantitative estimate of drug-likeness (QED) is 0.786. The molecule has 0 radical (unpaired) electrons. The molecule has 1 aromatic rings. The molecule has 1 aliphatic carbocycles. The first-order valence-corrected chi connectivity index (χ1v) is 6.32. The molecule has 1 saturated carbocycles. The average molecular weight is 274 g/mol. The Morgan fingerprint density at radius 1 is 1.50 bits per heavy atom. The molecule has 1 heterocycles. The van der Waals surface area contributed by atoms with E-state index in [4.69, 9.17) is 5.11 Å². The molecular formula is C11H16FN2O3P. The van der Waals surface area contributed by atoms with Crippen LogP contribution in [0.4, 0.5) is 4.39 Å². The molecule has 18 heavy (non-hydrogen) atoms. The molecule has 4 unspecified atom stereocenters. The Balaban J connectivity index is 2.42. The average Bonchev–Trinajstić information content (AvgIpc) is 2.72. The summed E-state index contributed by atoms with van der Waals surface area (Å²) in [7, 11) is 2.08. The molecule has 0 aromatic carbocycles. The maximum Gasteiger partial charge on any atom is 0.334 e. The van der Waals surface area contributed by atoms with Crippen LogP contribution in [-0.2, 0) is 0 Å². The van der Waals surface area contributed by atoms with Crippen LogP contribution in [0.2, 0.25) is 0 Å². The van der Waals surface area contributed by atoms with Crippen molar-refractivity contribution < 1.29 is 9.50 Å². The van der Waals surface area contributed by atoms with Crippen LogP contribution in [-0.4, -0.2) is 26.8 Å². The van der Waals surface area contributed by atoms with Crippen LogP contribution in [0, 0.1) is 12.8 Å². The third-order valence-electron chi connectivity index (χ3n) is 3.53. The normalized spacial score (nSPS) is 27.7. The number of halogens is 1. The van der Waals surface area contributed by atoms with Crippen LogP contribution in [0.1, 0.15) is 24.4 Å². The van der Waals surface area contributed by atoms with Crippen molar-refractivity contribution in [3.63, 3.8) is 0 Å². The lowest BCUT2D eigenvalue weighted by Crippen LogP contribution is -2.37. The summed E-state index contributed by atoms with van der Waals surface area (Å²) in [5.41, 5.74) is -0.395. The van der Waals surface area contributed by atoms with Gasteiger partial charge in [0, 0.05) is 30.3 Å². The molecule has 100 valence electrons. The van der Waals surface area contributed by atoms with Gasteiger partial charge in [0.2, 0.25) is 0 Å². The molecule has 0 saturated heterocycles. The first kappa shape index (κ1) is 13.4. The van der Waals surface area contributed by atoms with Gasteiger partial charge in [-0.1, -0.05) is 0 Å². The van der Waals surface area contributed by atoms with Gasteiger partial charge in [0.25, 0.3) is 5.56 Å². The third kappa shape index (κ3) is 2.15. The fourth-order valence-electron chi connectivity index (χ4n) is 2.44. The second kappa shape index (κ2) is 4.94. The van der Waals surface area contributed by atoms with Crippen molar-refractivity contribution in [2.45, 2.75) is 32.0 Å². The van der Waals surface area contributed by atoms with Gasteiger partial charge in [-0.15, -0.1) is 0 Å². The summed E-state index contributed by atoms with van der Waals surface area (Å²) >= 11 is 0. The maximum atomic E-state index is 13.6. The molecule has 1 aromatic heterocycles. The minimum atomic E-state index is -1.10. The highest BCUT2D eigenvalue weighted by Crippen LogP contribution is 2.35. The molecule has 0 spiro atoms. The zero-order valence-corrected chi connectivity index (χ0v) is 11.2. The van der Waals surface area contributed by atoms with Crippen LogP contribution in [0.15, 0.2) is 15.8 Å². The van der Waals surface area contributed by atoms with Gasteiger partial charge in [-0.05, 0) is 29.2 Å². The van der Waals surface area contributed by atoms with Gasteiger partial charge in [-0.2, -0.15) is 0 Å². The van der Waals surface area contributed by atoms with Gasteiger partial charge in [0.1, 0.15) is 6.17 Å². The minimum Gasteiger partial charge on any atom is -0.396 e. The largest absolute Gasteiger partial charge is 0.396 e. The van der Waals surface area contributed by atoms with E-state index < -0.39 is 17.8 Å². The van der Waals surface area contributed by atoms with Crippen molar-refractivity contribution in [3.05, 3.63) is 32.6 Å². The Hall–Kier alpha value is -1.00. The zero-order chi connectivity index (χ0) is 13.4.